The molecule has 7 nitrogen and oxygen atoms in total. The largest absolute Gasteiger partial charge is 0.339 e. The van der Waals surface area contributed by atoms with Gasteiger partial charge < -0.3 is 14.3 Å². The molecule has 0 aliphatic carbocycles. The second kappa shape index (κ2) is 8.90. The fourth-order valence-electron chi connectivity index (χ4n) is 3.06. The van der Waals surface area contributed by atoms with Crippen LogP contribution in [0.1, 0.15) is 41.8 Å². The van der Waals surface area contributed by atoms with Crippen LogP contribution in [0.3, 0.4) is 0 Å². The highest BCUT2D eigenvalue weighted by molar-refractivity contribution is 5.94. The lowest BCUT2D eigenvalue weighted by Gasteiger charge is -2.34. The van der Waals surface area contributed by atoms with Gasteiger partial charge in [-0.3, -0.25) is 9.59 Å². The molecule has 1 saturated heterocycles. The van der Waals surface area contributed by atoms with Gasteiger partial charge in [0.1, 0.15) is 0 Å². The van der Waals surface area contributed by atoms with Crippen LogP contribution in [-0.4, -0.2) is 57.9 Å². The van der Waals surface area contributed by atoms with Crippen LogP contribution in [0.25, 0.3) is 0 Å². The Balaban J connectivity index is 1.47. The minimum atomic E-state index is -1.05. The van der Waals surface area contributed by atoms with E-state index in [2.05, 4.69) is 10.1 Å². The Morgan fingerprint density at radius 3 is 2.46 bits per heavy atom. The summed E-state index contributed by atoms with van der Waals surface area (Å²) in [5, 5.41) is 3.86. The zero-order chi connectivity index (χ0) is 20.1. The van der Waals surface area contributed by atoms with Crippen molar-refractivity contribution in [1.82, 2.24) is 19.9 Å². The molecule has 0 spiro atoms. The first-order chi connectivity index (χ1) is 13.5. The molecule has 0 bridgehead atoms. The van der Waals surface area contributed by atoms with E-state index < -0.39 is 11.6 Å². The first-order valence-electron chi connectivity index (χ1n) is 9.31. The molecule has 1 aliphatic heterocycles. The molecule has 28 heavy (non-hydrogen) atoms. The zero-order valence-corrected chi connectivity index (χ0v) is 15.7. The summed E-state index contributed by atoms with van der Waals surface area (Å²) in [5.74, 6) is -1.37. The Kier molecular flexibility index (Phi) is 6.33. The maximum atomic E-state index is 13.3. The summed E-state index contributed by atoms with van der Waals surface area (Å²) in [6, 6.07) is 3.09. The number of nitrogens with zero attached hydrogens (tertiary/aromatic N) is 4. The van der Waals surface area contributed by atoms with Gasteiger partial charge in [-0.05, 0) is 24.6 Å². The van der Waals surface area contributed by atoms with Crippen molar-refractivity contribution in [2.45, 2.75) is 32.6 Å². The quantitative estimate of drug-likeness (QED) is 0.753. The van der Waals surface area contributed by atoms with Gasteiger partial charge in [0.2, 0.25) is 11.8 Å². The molecule has 0 unspecified atom stereocenters. The fourth-order valence-corrected chi connectivity index (χ4v) is 3.06. The summed E-state index contributed by atoms with van der Waals surface area (Å²) in [7, 11) is 0. The van der Waals surface area contributed by atoms with Crippen molar-refractivity contribution in [2.24, 2.45) is 0 Å². The van der Waals surface area contributed by atoms with Crippen LogP contribution in [0, 0.1) is 11.6 Å². The summed E-state index contributed by atoms with van der Waals surface area (Å²) in [5.41, 5.74) is 0.0953. The van der Waals surface area contributed by atoms with Crippen LogP contribution in [0.15, 0.2) is 22.7 Å². The number of piperazine rings is 1. The van der Waals surface area contributed by atoms with Crippen LogP contribution >= 0.6 is 0 Å². The van der Waals surface area contributed by atoms with Gasteiger partial charge >= 0.3 is 0 Å². The molecule has 0 atom stereocenters. The van der Waals surface area contributed by atoms with E-state index in [9.17, 15) is 18.4 Å². The van der Waals surface area contributed by atoms with Gasteiger partial charge in [0.25, 0.3) is 5.91 Å². The molecule has 3 rings (SSSR count). The van der Waals surface area contributed by atoms with Crippen molar-refractivity contribution in [1.29, 1.82) is 0 Å². The summed E-state index contributed by atoms with van der Waals surface area (Å²) in [4.78, 5) is 32.2. The number of hydrogen-bond donors (Lipinski definition) is 0. The third kappa shape index (κ3) is 4.71. The van der Waals surface area contributed by atoms with E-state index in [1.165, 1.54) is 11.0 Å². The average Bonchev–Trinajstić information content (AvgIpc) is 3.15. The fraction of sp³-hybridized carbons (Fsp3) is 0.474. The van der Waals surface area contributed by atoms with Crippen molar-refractivity contribution in [2.75, 3.05) is 26.2 Å². The van der Waals surface area contributed by atoms with E-state index in [0.29, 0.717) is 44.3 Å². The maximum absolute atomic E-state index is 13.3. The Bertz CT molecular complexity index is 847. The van der Waals surface area contributed by atoms with E-state index >= 15 is 0 Å². The smallest absolute Gasteiger partial charge is 0.254 e. The molecule has 1 aliphatic rings. The second-order valence-electron chi connectivity index (χ2n) is 6.66. The predicted molar refractivity (Wildman–Crippen MR) is 95.5 cm³/mol. The number of amides is 2. The molecular weight excluding hydrogens is 370 g/mol. The van der Waals surface area contributed by atoms with Crippen LogP contribution in [0.2, 0.25) is 0 Å². The minimum Gasteiger partial charge on any atom is -0.339 e. The van der Waals surface area contributed by atoms with Gasteiger partial charge in [0.15, 0.2) is 17.5 Å². The van der Waals surface area contributed by atoms with Gasteiger partial charge in [-0.2, -0.15) is 4.98 Å². The second-order valence-corrected chi connectivity index (χ2v) is 6.66. The zero-order valence-electron chi connectivity index (χ0n) is 15.7. The van der Waals surface area contributed by atoms with Gasteiger partial charge in [-0.15, -0.1) is 0 Å². The highest BCUT2D eigenvalue weighted by atomic mass is 19.2. The first kappa shape index (κ1) is 19.9. The van der Waals surface area contributed by atoms with Gasteiger partial charge in [-0.1, -0.05) is 12.1 Å². The van der Waals surface area contributed by atoms with Crippen LogP contribution in [0.5, 0.6) is 0 Å². The maximum Gasteiger partial charge on any atom is 0.254 e. The molecule has 2 aromatic rings. The Morgan fingerprint density at radius 1 is 1.07 bits per heavy atom. The van der Waals surface area contributed by atoms with E-state index in [1.807, 2.05) is 6.92 Å². The van der Waals surface area contributed by atoms with Crippen LogP contribution in [-0.2, 0) is 17.6 Å². The number of halogens is 2. The van der Waals surface area contributed by atoms with Crippen molar-refractivity contribution in [3.63, 3.8) is 0 Å². The van der Waals surface area contributed by atoms with Crippen LogP contribution < -0.4 is 0 Å². The van der Waals surface area contributed by atoms with E-state index in [-0.39, 0.29) is 23.8 Å². The average molecular weight is 392 g/mol. The van der Waals surface area contributed by atoms with Gasteiger partial charge in [-0.25, -0.2) is 8.78 Å². The number of benzene rings is 1. The normalized spacial score (nSPS) is 14.4. The van der Waals surface area contributed by atoms with E-state index in [0.717, 1.165) is 25.0 Å². The van der Waals surface area contributed by atoms with Gasteiger partial charge in [0, 0.05) is 51.0 Å². The third-order valence-electron chi connectivity index (χ3n) is 4.62. The Hall–Kier alpha value is -2.84. The lowest BCUT2D eigenvalue weighted by Crippen LogP contribution is -2.50. The third-order valence-corrected chi connectivity index (χ3v) is 4.62. The summed E-state index contributed by atoms with van der Waals surface area (Å²) in [6.07, 6.45) is 2.30. The molecule has 1 fully saturated rings. The topological polar surface area (TPSA) is 79.5 Å². The predicted octanol–water partition coefficient (Wildman–Crippen LogP) is 2.22. The number of carbonyl (C=O) groups is 2. The Labute approximate surface area is 161 Å². The highest BCUT2D eigenvalue weighted by Crippen LogP contribution is 2.14. The molecule has 9 heteroatoms. The molecule has 1 aromatic heterocycles. The molecule has 0 saturated carbocycles. The Morgan fingerprint density at radius 2 is 1.79 bits per heavy atom. The van der Waals surface area contributed by atoms with Crippen molar-refractivity contribution < 1.29 is 22.9 Å². The lowest BCUT2D eigenvalue weighted by atomic mass is 10.1. The number of aromatic nitrogens is 2. The monoisotopic (exact) mass is 392 g/mol. The SMILES string of the molecule is CCCc1noc(CCC(=O)N2CCN(C(=O)c3ccc(F)c(F)c3)CC2)n1. The van der Waals surface area contributed by atoms with Crippen LogP contribution in [0.4, 0.5) is 8.78 Å². The van der Waals surface area contributed by atoms with E-state index in [1.54, 1.807) is 4.90 Å². The minimum absolute atomic E-state index is 0.0461. The summed E-state index contributed by atoms with van der Waals surface area (Å²) in [6.45, 7) is 3.48. The molecular formula is C19H22F2N4O3. The first-order valence-corrected chi connectivity index (χ1v) is 9.31. The molecule has 1 aromatic carbocycles. The number of rotatable bonds is 6. The van der Waals surface area contributed by atoms with Crippen molar-refractivity contribution in [3.05, 3.63) is 47.1 Å². The lowest BCUT2D eigenvalue weighted by molar-refractivity contribution is -0.132. The molecule has 0 N–H and O–H groups in total. The number of aryl methyl sites for hydroxylation is 2. The molecule has 2 amide bonds. The van der Waals surface area contributed by atoms with Gasteiger partial charge in [0.05, 0.1) is 0 Å². The molecule has 2 heterocycles. The molecule has 150 valence electrons. The highest BCUT2D eigenvalue weighted by Gasteiger charge is 2.25. The number of carbonyl (C=O) groups excluding carboxylic acids is 2. The molecule has 0 radical (unpaired) electrons. The van der Waals surface area contributed by atoms with Crippen molar-refractivity contribution in [3.8, 4) is 0 Å². The summed E-state index contributed by atoms with van der Waals surface area (Å²) < 4.78 is 31.5. The standard InChI is InChI=1S/C19H22F2N4O3/c1-2-3-16-22-17(28-23-16)6-7-18(26)24-8-10-25(11-9-24)19(27)13-4-5-14(20)15(21)12-13/h4-5,12H,2-3,6-11H2,1H3. The summed E-state index contributed by atoms with van der Waals surface area (Å²) >= 11 is 0. The number of hydrogen-bond acceptors (Lipinski definition) is 5. The van der Waals surface area contributed by atoms with Crippen molar-refractivity contribution >= 4 is 11.8 Å². The van der Waals surface area contributed by atoms with E-state index in [4.69, 9.17) is 4.52 Å².